The van der Waals surface area contributed by atoms with Gasteiger partial charge in [0.05, 0.1) is 6.10 Å². The topological polar surface area (TPSA) is 69.6 Å². The molecule has 2 rings (SSSR count). The van der Waals surface area contributed by atoms with E-state index in [0.29, 0.717) is 12.8 Å². The number of benzene rings is 2. The number of carbonyl (C=O) groups excluding carboxylic acids is 1. The van der Waals surface area contributed by atoms with Gasteiger partial charge in [-0.3, -0.25) is 4.79 Å². The molecule has 0 saturated heterocycles. The predicted octanol–water partition coefficient (Wildman–Crippen LogP) is 3.43. The molecule has 0 aliphatic carbocycles. The van der Waals surface area contributed by atoms with Crippen LogP contribution >= 0.6 is 0 Å². The largest absolute Gasteiger partial charge is 0.396 e. The molecule has 3 N–H and O–H groups in total. The predicted molar refractivity (Wildman–Crippen MR) is 113 cm³/mol. The Morgan fingerprint density at radius 2 is 1.64 bits per heavy atom. The van der Waals surface area contributed by atoms with Crippen LogP contribution in [0.1, 0.15) is 42.4 Å². The van der Waals surface area contributed by atoms with Gasteiger partial charge in [-0.25, -0.2) is 0 Å². The van der Waals surface area contributed by atoms with Crippen LogP contribution in [-0.2, 0) is 17.6 Å². The average molecular weight is 384 g/mol. The summed E-state index contributed by atoms with van der Waals surface area (Å²) in [6.07, 6.45) is 3.73. The van der Waals surface area contributed by atoms with Gasteiger partial charge in [-0.15, -0.1) is 0 Å². The third-order valence-corrected chi connectivity index (χ3v) is 5.23. The number of rotatable bonds is 12. The first-order valence-electron chi connectivity index (χ1n) is 10.2. The first-order chi connectivity index (χ1) is 13.6. The fourth-order valence-corrected chi connectivity index (χ4v) is 3.40. The lowest BCUT2D eigenvalue weighted by Crippen LogP contribution is -2.37. The minimum absolute atomic E-state index is 0.00700. The van der Waals surface area contributed by atoms with Crippen molar-refractivity contribution in [3.8, 4) is 0 Å². The molecule has 0 spiro atoms. The molecule has 2 atom stereocenters. The molecular weight excluding hydrogens is 350 g/mol. The molecule has 0 fully saturated rings. The SMILES string of the molecule is Cc1ccccc1CCC(CCc1ccccc1)C(=O)NCC(O)CCCO. The lowest BCUT2D eigenvalue weighted by Gasteiger charge is -2.19. The number of hydrogen-bond acceptors (Lipinski definition) is 3. The monoisotopic (exact) mass is 383 g/mol. The van der Waals surface area contributed by atoms with Crippen molar-refractivity contribution in [1.29, 1.82) is 0 Å². The summed E-state index contributed by atoms with van der Waals surface area (Å²) in [5.41, 5.74) is 3.77. The van der Waals surface area contributed by atoms with Crippen molar-refractivity contribution in [2.45, 2.75) is 51.6 Å². The van der Waals surface area contributed by atoms with Crippen LogP contribution in [0.4, 0.5) is 0 Å². The molecule has 0 saturated carbocycles. The van der Waals surface area contributed by atoms with E-state index in [0.717, 1.165) is 25.7 Å². The van der Waals surface area contributed by atoms with E-state index in [9.17, 15) is 9.90 Å². The number of aliphatic hydroxyl groups is 2. The highest BCUT2D eigenvalue weighted by Crippen LogP contribution is 2.19. The molecule has 0 aliphatic rings. The van der Waals surface area contributed by atoms with Crippen molar-refractivity contribution >= 4 is 5.91 Å². The molecule has 28 heavy (non-hydrogen) atoms. The Morgan fingerprint density at radius 1 is 0.964 bits per heavy atom. The van der Waals surface area contributed by atoms with Gasteiger partial charge >= 0.3 is 0 Å². The molecular formula is C24H33NO3. The Balaban J connectivity index is 1.94. The van der Waals surface area contributed by atoms with E-state index < -0.39 is 6.10 Å². The average Bonchev–Trinajstić information content (AvgIpc) is 2.72. The summed E-state index contributed by atoms with van der Waals surface area (Å²) < 4.78 is 0. The van der Waals surface area contributed by atoms with E-state index in [4.69, 9.17) is 5.11 Å². The number of amides is 1. The number of aryl methyl sites for hydroxylation is 3. The van der Waals surface area contributed by atoms with E-state index in [1.165, 1.54) is 16.7 Å². The summed E-state index contributed by atoms with van der Waals surface area (Å²) in [5.74, 6) is -0.0857. The second kappa shape index (κ2) is 12.3. The second-order valence-electron chi connectivity index (χ2n) is 7.45. The van der Waals surface area contributed by atoms with E-state index >= 15 is 0 Å². The van der Waals surface area contributed by atoms with Crippen LogP contribution in [0.15, 0.2) is 54.6 Å². The summed E-state index contributed by atoms with van der Waals surface area (Å²) in [4.78, 5) is 12.8. The van der Waals surface area contributed by atoms with E-state index in [1.807, 2.05) is 30.3 Å². The van der Waals surface area contributed by atoms with E-state index in [-0.39, 0.29) is 25.0 Å². The zero-order chi connectivity index (χ0) is 20.2. The maximum atomic E-state index is 12.8. The molecule has 4 nitrogen and oxygen atoms in total. The standard InChI is InChI=1S/C24H33NO3/c1-19-8-5-6-11-21(19)15-16-22(14-13-20-9-3-2-4-10-20)24(28)25-18-23(27)12-7-17-26/h2-6,8-11,22-23,26-27H,7,12-18H2,1H3,(H,25,28). The second-order valence-corrected chi connectivity index (χ2v) is 7.45. The number of carbonyl (C=O) groups is 1. The highest BCUT2D eigenvalue weighted by molar-refractivity contribution is 5.78. The lowest BCUT2D eigenvalue weighted by molar-refractivity contribution is -0.125. The zero-order valence-electron chi connectivity index (χ0n) is 16.8. The third kappa shape index (κ3) is 7.83. The molecule has 2 aromatic carbocycles. The molecule has 0 aliphatic heterocycles. The first kappa shape index (κ1) is 22.1. The Kier molecular flexibility index (Phi) is 9.73. The number of hydrogen-bond donors (Lipinski definition) is 3. The Hall–Kier alpha value is -2.17. The molecule has 0 aromatic heterocycles. The molecule has 0 heterocycles. The van der Waals surface area contributed by atoms with Crippen LogP contribution in [-0.4, -0.2) is 35.4 Å². The summed E-state index contributed by atoms with van der Waals surface area (Å²) in [5, 5.41) is 21.7. The Morgan fingerprint density at radius 3 is 2.36 bits per heavy atom. The molecule has 152 valence electrons. The summed E-state index contributed by atoms with van der Waals surface area (Å²) in [6.45, 7) is 2.40. The maximum Gasteiger partial charge on any atom is 0.223 e. The van der Waals surface area contributed by atoms with E-state index in [2.05, 4.69) is 36.5 Å². The maximum absolute atomic E-state index is 12.8. The zero-order valence-corrected chi connectivity index (χ0v) is 16.8. The summed E-state index contributed by atoms with van der Waals surface area (Å²) in [6, 6.07) is 18.5. The number of aliphatic hydroxyl groups excluding tert-OH is 2. The minimum Gasteiger partial charge on any atom is -0.396 e. The fourth-order valence-electron chi connectivity index (χ4n) is 3.40. The van der Waals surface area contributed by atoms with Crippen LogP contribution in [0.2, 0.25) is 0 Å². The van der Waals surface area contributed by atoms with Crippen molar-refractivity contribution in [1.82, 2.24) is 5.32 Å². The Labute approximate surface area is 168 Å². The third-order valence-electron chi connectivity index (χ3n) is 5.23. The van der Waals surface area contributed by atoms with Gasteiger partial charge < -0.3 is 15.5 Å². The van der Waals surface area contributed by atoms with Crippen molar-refractivity contribution in [2.24, 2.45) is 5.92 Å². The van der Waals surface area contributed by atoms with Gasteiger partial charge in [0.25, 0.3) is 0 Å². The highest BCUT2D eigenvalue weighted by Gasteiger charge is 2.19. The minimum atomic E-state index is -0.609. The molecule has 1 amide bonds. The van der Waals surface area contributed by atoms with Gasteiger partial charge in [0.1, 0.15) is 0 Å². The van der Waals surface area contributed by atoms with Crippen molar-refractivity contribution in [2.75, 3.05) is 13.2 Å². The molecule has 2 aromatic rings. The van der Waals surface area contributed by atoms with Gasteiger partial charge in [-0.1, -0.05) is 54.6 Å². The highest BCUT2D eigenvalue weighted by atomic mass is 16.3. The lowest BCUT2D eigenvalue weighted by atomic mass is 9.91. The fraction of sp³-hybridized carbons (Fsp3) is 0.458. The van der Waals surface area contributed by atoms with Crippen LogP contribution in [0.5, 0.6) is 0 Å². The van der Waals surface area contributed by atoms with Crippen molar-refractivity contribution in [3.05, 3.63) is 71.3 Å². The Bertz CT molecular complexity index is 702. The molecule has 0 bridgehead atoms. The van der Waals surface area contributed by atoms with Crippen LogP contribution in [0, 0.1) is 12.8 Å². The molecule has 2 unspecified atom stereocenters. The normalized spacial score (nSPS) is 13.1. The summed E-state index contributed by atoms with van der Waals surface area (Å²) >= 11 is 0. The quantitative estimate of drug-likeness (QED) is 0.526. The van der Waals surface area contributed by atoms with Gasteiger partial charge in [-0.2, -0.15) is 0 Å². The molecule has 0 radical (unpaired) electrons. The van der Waals surface area contributed by atoms with Gasteiger partial charge in [0, 0.05) is 19.1 Å². The van der Waals surface area contributed by atoms with Crippen LogP contribution in [0.25, 0.3) is 0 Å². The number of nitrogens with one attached hydrogen (secondary N) is 1. The molecule has 4 heteroatoms. The van der Waals surface area contributed by atoms with E-state index in [1.54, 1.807) is 0 Å². The van der Waals surface area contributed by atoms with Gasteiger partial charge in [0.2, 0.25) is 5.91 Å². The smallest absolute Gasteiger partial charge is 0.223 e. The van der Waals surface area contributed by atoms with Gasteiger partial charge in [-0.05, 0) is 62.1 Å². The van der Waals surface area contributed by atoms with Crippen LogP contribution in [0.3, 0.4) is 0 Å². The summed E-state index contributed by atoms with van der Waals surface area (Å²) in [7, 11) is 0. The van der Waals surface area contributed by atoms with Crippen LogP contribution < -0.4 is 5.32 Å². The first-order valence-corrected chi connectivity index (χ1v) is 10.2. The van der Waals surface area contributed by atoms with Crippen molar-refractivity contribution in [3.63, 3.8) is 0 Å². The van der Waals surface area contributed by atoms with Gasteiger partial charge in [0.15, 0.2) is 0 Å². The van der Waals surface area contributed by atoms with Crippen molar-refractivity contribution < 1.29 is 15.0 Å².